The maximum atomic E-state index is 9.57. The fraction of sp³-hybridized carbons (Fsp3) is 0.300. The zero-order chi connectivity index (χ0) is 8.97. The van der Waals surface area contributed by atoms with E-state index < -0.39 is 6.10 Å². The highest BCUT2D eigenvalue weighted by Crippen LogP contribution is 2.20. The summed E-state index contributed by atoms with van der Waals surface area (Å²) >= 11 is 0. The van der Waals surface area contributed by atoms with E-state index in [1.807, 2.05) is 36.4 Å². The monoisotopic (exact) mass is 161 g/mol. The molecule has 0 saturated heterocycles. The molecular formula is C10H11NO. The lowest BCUT2D eigenvalue weighted by molar-refractivity contribution is 0.143. The van der Waals surface area contributed by atoms with Crippen molar-refractivity contribution in [3.63, 3.8) is 0 Å². The molecule has 0 amide bonds. The van der Waals surface area contributed by atoms with Gasteiger partial charge in [0.2, 0.25) is 0 Å². The summed E-state index contributed by atoms with van der Waals surface area (Å²) < 4.78 is 0. The Morgan fingerprint density at radius 1 is 1.33 bits per heavy atom. The van der Waals surface area contributed by atoms with Crippen LogP contribution in [0.4, 0.5) is 0 Å². The maximum Gasteiger partial charge on any atom is 0.0945 e. The highest BCUT2D eigenvalue weighted by molar-refractivity contribution is 5.19. The van der Waals surface area contributed by atoms with Crippen LogP contribution in [0, 0.1) is 17.2 Å². The molecule has 0 saturated carbocycles. The molecule has 0 aliphatic carbocycles. The Hall–Kier alpha value is -1.33. The van der Waals surface area contributed by atoms with E-state index in [9.17, 15) is 5.11 Å². The Bertz CT molecular complexity index is 276. The van der Waals surface area contributed by atoms with Crippen LogP contribution in [0.2, 0.25) is 0 Å². The predicted molar refractivity (Wildman–Crippen MR) is 46.2 cm³/mol. The van der Waals surface area contributed by atoms with Crippen LogP contribution in [0.5, 0.6) is 0 Å². The molecule has 0 aliphatic rings. The summed E-state index contributed by atoms with van der Waals surface area (Å²) in [4.78, 5) is 0. The first-order chi connectivity index (χ1) is 5.75. The lowest BCUT2D eigenvalue weighted by Gasteiger charge is -2.11. The smallest absolute Gasteiger partial charge is 0.0945 e. The number of nitrogens with zero attached hydrogens (tertiary/aromatic N) is 1. The van der Waals surface area contributed by atoms with Crippen LogP contribution in [-0.2, 0) is 0 Å². The first-order valence-electron chi connectivity index (χ1n) is 3.88. The van der Waals surface area contributed by atoms with Gasteiger partial charge in [0.1, 0.15) is 0 Å². The van der Waals surface area contributed by atoms with Crippen LogP contribution >= 0.6 is 0 Å². The number of aliphatic hydroxyl groups excluding tert-OH is 1. The molecule has 1 aromatic carbocycles. The van der Waals surface area contributed by atoms with Crippen LogP contribution in [0.15, 0.2) is 30.3 Å². The normalized spacial score (nSPS) is 14.8. The van der Waals surface area contributed by atoms with Gasteiger partial charge in [0.05, 0.1) is 18.1 Å². The van der Waals surface area contributed by atoms with Crippen LogP contribution in [0.3, 0.4) is 0 Å². The van der Waals surface area contributed by atoms with Gasteiger partial charge in [-0.3, -0.25) is 0 Å². The summed E-state index contributed by atoms with van der Waals surface area (Å²) in [5.74, 6) is -0.354. The van der Waals surface area contributed by atoms with Crippen molar-refractivity contribution in [2.24, 2.45) is 5.92 Å². The number of aliphatic hydroxyl groups is 1. The number of hydrogen-bond donors (Lipinski definition) is 1. The number of rotatable bonds is 2. The zero-order valence-electron chi connectivity index (χ0n) is 6.94. The second kappa shape index (κ2) is 3.89. The van der Waals surface area contributed by atoms with Gasteiger partial charge in [-0.25, -0.2) is 0 Å². The fourth-order valence-electron chi connectivity index (χ4n) is 1.01. The summed E-state index contributed by atoms with van der Waals surface area (Å²) in [5, 5.41) is 18.1. The van der Waals surface area contributed by atoms with Crippen molar-refractivity contribution >= 4 is 0 Å². The van der Waals surface area contributed by atoms with Crippen molar-refractivity contribution < 1.29 is 5.11 Å². The van der Waals surface area contributed by atoms with Crippen molar-refractivity contribution in [3.8, 4) is 6.07 Å². The van der Waals surface area contributed by atoms with Gasteiger partial charge in [-0.05, 0) is 12.5 Å². The quantitative estimate of drug-likeness (QED) is 0.719. The molecule has 0 aromatic heterocycles. The van der Waals surface area contributed by atoms with Crippen molar-refractivity contribution in [2.75, 3.05) is 0 Å². The molecule has 2 unspecified atom stereocenters. The van der Waals surface area contributed by atoms with E-state index in [1.54, 1.807) is 6.92 Å². The maximum absolute atomic E-state index is 9.57. The van der Waals surface area contributed by atoms with Crippen molar-refractivity contribution in [3.05, 3.63) is 35.9 Å². The summed E-state index contributed by atoms with van der Waals surface area (Å²) in [5.41, 5.74) is 0.798. The Balaban J connectivity index is 2.80. The molecule has 0 fully saturated rings. The Morgan fingerprint density at radius 2 is 1.92 bits per heavy atom. The van der Waals surface area contributed by atoms with E-state index in [4.69, 9.17) is 5.26 Å². The molecule has 0 radical (unpaired) electrons. The summed E-state index contributed by atoms with van der Waals surface area (Å²) in [7, 11) is 0. The second-order valence-corrected chi connectivity index (χ2v) is 2.77. The first-order valence-corrected chi connectivity index (χ1v) is 3.88. The Kier molecular flexibility index (Phi) is 2.84. The zero-order valence-corrected chi connectivity index (χ0v) is 6.94. The fourth-order valence-corrected chi connectivity index (χ4v) is 1.01. The van der Waals surface area contributed by atoms with E-state index in [2.05, 4.69) is 0 Å². The number of hydrogen-bond acceptors (Lipinski definition) is 2. The molecule has 0 spiro atoms. The third-order valence-corrected chi connectivity index (χ3v) is 1.82. The predicted octanol–water partition coefficient (Wildman–Crippen LogP) is 1.88. The molecule has 0 aliphatic heterocycles. The van der Waals surface area contributed by atoms with Crippen molar-refractivity contribution in [1.82, 2.24) is 0 Å². The molecule has 1 aromatic rings. The average molecular weight is 161 g/mol. The second-order valence-electron chi connectivity index (χ2n) is 2.77. The molecule has 1 rings (SSSR count). The van der Waals surface area contributed by atoms with E-state index in [-0.39, 0.29) is 5.92 Å². The average Bonchev–Trinajstić information content (AvgIpc) is 2.17. The minimum absolute atomic E-state index is 0.354. The third-order valence-electron chi connectivity index (χ3n) is 1.82. The van der Waals surface area contributed by atoms with Gasteiger partial charge in [-0.2, -0.15) is 5.26 Å². The van der Waals surface area contributed by atoms with E-state index in [0.29, 0.717) is 0 Å². The van der Waals surface area contributed by atoms with Gasteiger partial charge >= 0.3 is 0 Å². The number of nitriles is 1. The van der Waals surface area contributed by atoms with Gasteiger partial charge in [-0.1, -0.05) is 30.3 Å². The van der Waals surface area contributed by atoms with Crippen LogP contribution in [0.1, 0.15) is 18.6 Å². The largest absolute Gasteiger partial charge is 0.387 e. The molecular weight excluding hydrogens is 150 g/mol. The highest BCUT2D eigenvalue weighted by atomic mass is 16.3. The Morgan fingerprint density at radius 3 is 2.42 bits per heavy atom. The molecule has 62 valence electrons. The summed E-state index contributed by atoms with van der Waals surface area (Å²) in [6, 6.07) is 11.2. The molecule has 1 N–H and O–H groups in total. The van der Waals surface area contributed by atoms with Crippen molar-refractivity contribution in [1.29, 1.82) is 5.26 Å². The van der Waals surface area contributed by atoms with E-state index in [1.165, 1.54) is 0 Å². The number of benzene rings is 1. The van der Waals surface area contributed by atoms with Crippen LogP contribution in [-0.4, -0.2) is 5.11 Å². The molecule has 12 heavy (non-hydrogen) atoms. The van der Waals surface area contributed by atoms with Crippen LogP contribution in [0.25, 0.3) is 0 Å². The molecule has 2 heteroatoms. The first kappa shape index (κ1) is 8.76. The SMILES string of the molecule is CC(C#N)C(O)c1ccccc1. The van der Waals surface area contributed by atoms with Gasteiger partial charge in [-0.15, -0.1) is 0 Å². The van der Waals surface area contributed by atoms with Gasteiger partial charge in [0.15, 0.2) is 0 Å². The molecule has 0 bridgehead atoms. The molecule has 2 nitrogen and oxygen atoms in total. The van der Waals surface area contributed by atoms with E-state index in [0.717, 1.165) is 5.56 Å². The third kappa shape index (κ3) is 1.84. The summed E-state index contributed by atoms with van der Waals surface area (Å²) in [6.45, 7) is 1.71. The highest BCUT2D eigenvalue weighted by Gasteiger charge is 2.14. The van der Waals surface area contributed by atoms with Crippen molar-refractivity contribution in [2.45, 2.75) is 13.0 Å². The topological polar surface area (TPSA) is 44.0 Å². The molecule has 0 heterocycles. The van der Waals surface area contributed by atoms with Gasteiger partial charge < -0.3 is 5.11 Å². The van der Waals surface area contributed by atoms with Gasteiger partial charge in [0, 0.05) is 0 Å². The minimum Gasteiger partial charge on any atom is -0.387 e. The molecule has 2 atom stereocenters. The minimum atomic E-state index is -0.670. The lowest BCUT2D eigenvalue weighted by Crippen LogP contribution is -2.06. The van der Waals surface area contributed by atoms with Gasteiger partial charge in [0.25, 0.3) is 0 Å². The lowest BCUT2D eigenvalue weighted by atomic mass is 9.99. The standard InChI is InChI=1S/C10H11NO/c1-8(7-11)10(12)9-5-3-2-4-6-9/h2-6,8,10,12H,1H3. The van der Waals surface area contributed by atoms with Crippen LogP contribution < -0.4 is 0 Å². The summed E-state index contributed by atoms with van der Waals surface area (Å²) in [6.07, 6.45) is -0.670. The van der Waals surface area contributed by atoms with E-state index >= 15 is 0 Å². The Labute approximate surface area is 72.1 Å².